The van der Waals surface area contributed by atoms with Gasteiger partial charge in [0.2, 0.25) is 0 Å². The highest BCUT2D eigenvalue weighted by Crippen LogP contribution is 2.36. The number of fused-ring (bicyclic) bond motifs is 1. The molecule has 0 unspecified atom stereocenters. The first kappa shape index (κ1) is 48.1. The summed E-state index contributed by atoms with van der Waals surface area (Å²) in [7, 11) is 0. The number of amides is 4. The van der Waals surface area contributed by atoms with Crippen molar-refractivity contribution in [2.24, 2.45) is 5.73 Å². The van der Waals surface area contributed by atoms with Gasteiger partial charge in [0.15, 0.2) is 17.2 Å². The van der Waals surface area contributed by atoms with E-state index in [1.54, 1.807) is 48.5 Å². The molecular formula is C38H48Br2F4N6O8. The molecule has 58 heavy (non-hydrogen) atoms. The van der Waals surface area contributed by atoms with E-state index in [0.717, 1.165) is 6.07 Å². The Kier molecular flexibility index (Phi) is 15.9. The van der Waals surface area contributed by atoms with E-state index in [1.807, 2.05) is 0 Å². The molecule has 0 aliphatic carbocycles. The summed E-state index contributed by atoms with van der Waals surface area (Å²) in [6.07, 6.45) is -1.83. The molecule has 1 aromatic heterocycles. The van der Waals surface area contributed by atoms with Crippen LogP contribution in [0.1, 0.15) is 90.3 Å². The van der Waals surface area contributed by atoms with E-state index in [-0.39, 0.29) is 85.2 Å². The van der Waals surface area contributed by atoms with E-state index in [1.165, 1.54) is 28.0 Å². The summed E-state index contributed by atoms with van der Waals surface area (Å²) in [6.45, 7) is 12.5. The number of aromatic nitrogens is 2. The van der Waals surface area contributed by atoms with Gasteiger partial charge in [0, 0.05) is 67.4 Å². The van der Waals surface area contributed by atoms with Crippen LogP contribution in [0.4, 0.5) is 32.8 Å². The quantitative estimate of drug-likeness (QED) is 0.193. The van der Waals surface area contributed by atoms with Crippen LogP contribution in [0.15, 0.2) is 38.0 Å². The van der Waals surface area contributed by atoms with Crippen molar-refractivity contribution in [3.8, 4) is 0 Å². The fourth-order valence-electron chi connectivity index (χ4n) is 5.70. The van der Waals surface area contributed by atoms with Crippen molar-refractivity contribution in [2.75, 3.05) is 38.1 Å². The minimum atomic E-state index is -2.33. The summed E-state index contributed by atoms with van der Waals surface area (Å²) in [5, 5.41) is 9.75. The Morgan fingerprint density at radius 3 is 1.78 bits per heavy atom. The number of aliphatic hydroxyl groups is 1. The van der Waals surface area contributed by atoms with Gasteiger partial charge in [-0.1, -0.05) is 31.9 Å². The lowest BCUT2D eigenvalue weighted by Gasteiger charge is -2.36. The van der Waals surface area contributed by atoms with Gasteiger partial charge in [0.05, 0.1) is 16.6 Å². The van der Waals surface area contributed by atoms with Gasteiger partial charge in [-0.25, -0.2) is 32.1 Å². The molecule has 5 rings (SSSR count). The van der Waals surface area contributed by atoms with Crippen molar-refractivity contribution in [3.05, 3.63) is 66.6 Å². The average Bonchev–Trinajstić information content (AvgIpc) is 3.09. The Morgan fingerprint density at radius 1 is 0.862 bits per heavy atom. The third-order valence-corrected chi connectivity index (χ3v) is 9.45. The number of nitrogens with two attached hydrogens (primary N) is 1. The summed E-state index contributed by atoms with van der Waals surface area (Å²) in [4.78, 5) is 69.6. The van der Waals surface area contributed by atoms with Gasteiger partial charge in [-0.15, -0.1) is 0 Å². The van der Waals surface area contributed by atoms with E-state index in [0.29, 0.717) is 4.47 Å². The van der Waals surface area contributed by atoms with Crippen LogP contribution in [0, 0.1) is 11.6 Å². The highest BCUT2D eigenvalue weighted by molar-refractivity contribution is 9.10. The number of ether oxygens (including phenoxy) is 2. The predicted molar refractivity (Wildman–Crippen MR) is 215 cm³/mol. The Bertz CT molecular complexity index is 2060. The first-order valence-corrected chi connectivity index (χ1v) is 19.8. The number of H-pyrrole nitrogens is 1. The van der Waals surface area contributed by atoms with Crippen molar-refractivity contribution in [1.82, 2.24) is 19.8 Å². The van der Waals surface area contributed by atoms with Gasteiger partial charge >= 0.3 is 12.2 Å². The van der Waals surface area contributed by atoms with Crippen molar-refractivity contribution in [1.29, 1.82) is 0 Å². The number of aliphatic hydroxyl groups excluding tert-OH is 1. The normalized spacial score (nSPS) is 16.2. The Hall–Kier alpha value is -4.30. The number of anilines is 1. The third-order valence-electron chi connectivity index (χ3n) is 8.53. The van der Waals surface area contributed by atoms with Crippen LogP contribution in [0.2, 0.25) is 0 Å². The van der Waals surface area contributed by atoms with Gasteiger partial charge in [-0.2, -0.15) is 0 Å². The molecule has 2 saturated heterocycles. The molecule has 2 fully saturated rings. The van der Waals surface area contributed by atoms with Gasteiger partial charge < -0.3 is 40.4 Å². The number of carbonyl (C=O) groups is 4. The lowest BCUT2D eigenvalue weighted by Crippen LogP contribution is -2.51. The topological polar surface area (TPSA) is 197 Å². The number of rotatable bonds is 4. The molecule has 14 nitrogen and oxygen atoms in total. The third kappa shape index (κ3) is 12.8. The molecule has 5 N–H and O–H groups in total. The second-order valence-electron chi connectivity index (χ2n) is 15.5. The van der Waals surface area contributed by atoms with E-state index in [2.05, 4.69) is 47.1 Å². The zero-order valence-corrected chi connectivity index (χ0v) is 36.3. The summed E-state index contributed by atoms with van der Waals surface area (Å²) >= 11 is 6.15. The highest BCUT2D eigenvalue weighted by atomic mass is 79.9. The molecule has 2 aromatic carbocycles. The first-order valence-electron chi connectivity index (χ1n) is 18.2. The Morgan fingerprint density at radius 2 is 1.31 bits per heavy atom. The molecule has 2 aliphatic heterocycles. The molecule has 2 aliphatic rings. The van der Waals surface area contributed by atoms with Crippen LogP contribution in [0.5, 0.6) is 0 Å². The summed E-state index contributed by atoms with van der Waals surface area (Å²) < 4.78 is 70.1. The number of nitrogens with one attached hydrogen (secondary N) is 2. The zero-order chi connectivity index (χ0) is 44.0. The lowest BCUT2D eigenvalue weighted by molar-refractivity contribution is -0.130. The van der Waals surface area contributed by atoms with E-state index in [4.69, 9.17) is 20.3 Å². The molecule has 320 valence electrons. The second kappa shape index (κ2) is 19.2. The molecule has 0 atom stereocenters. The van der Waals surface area contributed by atoms with Crippen molar-refractivity contribution < 1.29 is 51.3 Å². The molecular weight excluding hydrogens is 904 g/mol. The summed E-state index contributed by atoms with van der Waals surface area (Å²) in [5.74, 6) is -3.92. The number of halogens is 6. The molecule has 0 spiro atoms. The van der Waals surface area contributed by atoms with Crippen LogP contribution in [0.25, 0.3) is 10.9 Å². The maximum Gasteiger partial charge on any atom is 0.410 e. The molecule has 0 radical (unpaired) electrons. The van der Waals surface area contributed by atoms with E-state index in [9.17, 15) is 32.8 Å². The highest BCUT2D eigenvalue weighted by Gasteiger charge is 2.44. The number of piperidine rings is 2. The maximum atomic E-state index is 15.5. The minimum Gasteiger partial charge on any atom is -0.444 e. The largest absolute Gasteiger partial charge is 0.444 e. The van der Waals surface area contributed by atoms with E-state index >= 15 is 8.78 Å². The number of carbonyl (C=O) groups excluding carboxylic acids is 4. The van der Waals surface area contributed by atoms with Gasteiger partial charge in [0.1, 0.15) is 28.4 Å². The van der Waals surface area contributed by atoms with Crippen molar-refractivity contribution in [3.63, 3.8) is 0 Å². The predicted octanol–water partition coefficient (Wildman–Crippen LogP) is 7.38. The summed E-state index contributed by atoms with van der Waals surface area (Å²) in [6, 6.07) is 4.87. The molecule has 3 aromatic rings. The molecule has 20 heteroatoms. The fraction of sp³-hybridized carbons (Fsp3) is 0.526. The number of aromatic amines is 1. The number of alkyl halides is 2. The smallest absolute Gasteiger partial charge is 0.410 e. The number of primary amides is 1. The van der Waals surface area contributed by atoms with Crippen molar-refractivity contribution >= 4 is 72.5 Å². The number of benzene rings is 2. The van der Waals surface area contributed by atoms with Crippen LogP contribution < -0.4 is 16.6 Å². The summed E-state index contributed by atoms with van der Waals surface area (Å²) in [5.41, 5.74) is -1.95. The Balaban J connectivity index is 0.000000291. The SMILES string of the molecule is CC(C)(C)OC(=O)N1CCC(F)(C(=O)Nc2c(F)cc(Br)cc2C(N)=O)CC1.CC(C)(C)OC(=O)N1CCC(F)(c2nc3c(F)cc(Br)cc3c(=O)[nH]2)CC1.CCO. The number of likely N-dealkylation sites (tertiary alicyclic amines) is 2. The van der Waals surface area contributed by atoms with Crippen LogP contribution in [-0.4, -0.2) is 98.5 Å². The van der Waals surface area contributed by atoms with Gasteiger partial charge in [0.25, 0.3) is 17.4 Å². The molecule has 3 heterocycles. The number of hydrogen-bond donors (Lipinski definition) is 4. The number of hydrogen-bond acceptors (Lipinski definition) is 9. The molecule has 0 bridgehead atoms. The molecule has 4 amide bonds. The first-order chi connectivity index (χ1) is 26.7. The van der Waals surface area contributed by atoms with Gasteiger partial charge in [-0.05, 0) is 72.7 Å². The standard InChI is InChI=1S/C18H22BrF2N3O4.C18H20BrF2N3O3.C2H6O/c1-17(2,3)28-16(27)24-6-4-18(21,5-7-24)15(26)23-13-11(14(22)25)8-10(19)9-12(13)20;1-17(2,3)27-16(26)24-6-4-18(21,5-7-24)15-22-13-11(14(25)23-15)8-10(19)9-12(13)20;1-2-3/h8-9H,4-7H2,1-3H3,(H2,22,25)(H,23,26);8-9H,4-7H2,1-3H3,(H,22,23,25);3H,2H2,1H3. The minimum absolute atomic E-state index is 0.0374. The lowest BCUT2D eigenvalue weighted by atomic mass is 9.92. The monoisotopic (exact) mass is 950 g/mol. The number of nitrogens with zero attached hydrogens (tertiary/aromatic N) is 3. The maximum absolute atomic E-state index is 15.5. The molecule has 0 saturated carbocycles. The van der Waals surface area contributed by atoms with Gasteiger partial charge in [-0.3, -0.25) is 14.4 Å². The van der Waals surface area contributed by atoms with Crippen molar-refractivity contribution in [2.45, 2.75) is 96.7 Å². The second-order valence-corrected chi connectivity index (χ2v) is 17.3. The average molecular weight is 953 g/mol. The van der Waals surface area contributed by atoms with Crippen LogP contribution in [-0.2, 0) is 19.9 Å². The van der Waals surface area contributed by atoms with E-state index < -0.39 is 69.4 Å². The fourth-order valence-corrected chi connectivity index (χ4v) is 6.56. The Labute approximate surface area is 349 Å². The van der Waals surface area contributed by atoms with Crippen LogP contribution in [0.3, 0.4) is 0 Å². The van der Waals surface area contributed by atoms with Crippen LogP contribution >= 0.6 is 31.9 Å². The zero-order valence-electron chi connectivity index (χ0n) is 33.2.